The summed E-state index contributed by atoms with van der Waals surface area (Å²) in [5, 5.41) is 4.73. The molecule has 0 atom stereocenters. The predicted octanol–water partition coefficient (Wildman–Crippen LogP) is 3.83. The van der Waals surface area contributed by atoms with Gasteiger partial charge in [0, 0.05) is 6.07 Å². The zero-order valence-corrected chi connectivity index (χ0v) is 19.6. The summed E-state index contributed by atoms with van der Waals surface area (Å²) in [4.78, 5) is 39.4. The van der Waals surface area contributed by atoms with E-state index in [2.05, 4.69) is 5.32 Å². The van der Waals surface area contributed by atoms with Gasteiger partial charge in [-0.1, -0.05) is 29.8 Å². The molecule has 8 nitrogen and oxygen atoms in total. The summed E-state index contributed by atoms with van der Waals surface area (Å²) >= 11 is 7.41. The summed E-state index contributed by atoms with van der Waals surface area (Å²) in [7, 11) is 2.93. The summed E-state index contributed by atoms with van der Waals surface area (Å²) in [6.45, 7) is 1.50. The number of benzene rings is 2. The highest BCUT2D eigenvalue weighted by Gasteiger charge is 2.19. The molecule has 0 radical (unpaired) electrons. The van der Waals surface area contributed by atoms with Gasteiger partial charge in [-0.2, -0.15) is 0 Å². The van der Waals surface area contributed by atoms with Crippen molar-refractivity contribution >= 4 is 44.7 Å². The lowest BCUT2D eigenvalue weighted by molar-refractivity contribution is -0.116. The maximum absolute atomic E-state index is 13.4. The van der Waals surface area contributed by atoms with Crippen LogP contribution in [0.2, 0.25) is 5.02 Å². The third-order valence-electron chi connectivity index (χ3n) is 5.16. The van der Waals surface area contributed by atoms with Crippen LogP contribution in [0, 0.1) is 6.92 Å². The van der Waals surface area contributed by atoms with Gasteiger partial charge in [-0.3, -0.25) is 14.2 Å². The number of fused-ring (bicyclic) bond motifs is 1. The lowest BCUT2D eigenvalue weighted by atomic mass is 10.2. The molecule has 2 heterocycles. The van der Waals surface area contributed by atoms with E-state index < -0.39 is 17.2 Å². The molecular weight excluding hydrogens is 466 g/mol. The zero-order chi connectivity index (χ0) is 23.7. The third kappa shape index (κ3) is 4.12. The van der Waals surface area contributed by atoms with Crippen LogP contribution in [-0.4, -0.2) is 29.3 Å². The van der Waals surface area contributed by atoms with Crippen LogP contribution in [0.25, 0.3) is 15.9 Å². The largest absolute Gasteiger partial charge is 0.495 e. The highest BCUT2D eigenvalue weighted by atomic mass is 35.5. The number of carbonyl (C=O) groups is 1. The monoisotopic (exact) mass is 485 g/mol. The lowest BCUT2D eigenvalue weighted by Gasteiger charge is -2.15. The second kappa shape index (κ2) is 9.13. The topological polar surface area (TPSA) is 91.6 Å². The van der Waals surface area contributed by atoms with Crippen LogP contribution in [0.3, 0.4) is 0 Å². The normalized spacial score (nSPS) is 10.9. The summed E-state index contributed by atoms with van der Waals surface area (Å²) in [5.74, 6) is 0.259. The fourth-order valence-corrected chi connectivity index (χ4v) is 4.62. The van der Waals surface area contributed by atoms with Crippen molar-refractivity contribution < 1.29 is 14.3 Å². The maximum Gasteiger partial charge on any atom is 0.336 e. The van der Waals surface area contributed by atoms with Crippen molar-refractivity contribution in [1.29, 1.82) is 0 Å². The predicted molar refractivity (Wildman–Crippen MR) is 130 cm³/mol. The lowest BCUT2D eigenvalue weighted by Crippen LogP contribution is -2.40. The molecule has 0 aliphatic rings. The number of rotatable bonds is 6. The van der Waals surface area contributed by atoms with Crippen LogP contribution in [0.1, 0.15) is 5.56 Å². The van der Waals surface area contributed by atoms with Crippen LogP contribution in [0.5, 0.6) is 11.5 Å². The number of carbonyl (C=O) groups excluding carboxylic acids is 1. The number of anilines is 1. The first-order valence-electron chi connectivity index (χ1n) is 9.86. The van der Waals surface area contributed by atoms with Gasteiger partial charge in [0.2, 0.25) is 5.91 Å². The molecule has 1 N–H and O–H groups in total. The molecule has 0 saturated heterocycles. The molecule has 2 aromatic heterocycles. The van der Waals surface area contributed by atoms with E-state index in [9.17, 15) is 14.4 Å². The summed E-state index contributed by atoms with van der Waals surface area (Å²) in [6.07, 6.45) is 0. The van der Waals surface area contributed by atoms with E-state index in [0.29, 0.717) is 38.1 Å². The van der Waals surface area contributed by atoms with Gasteiger partial charge in [-0.15, -0.1) is 11.3 Å². The van der Waals surface area contributed by atoms with Crippen molar-refractivity contribution in [2.75, 3.05) is 19.5 Å². The van der Waals surface area contributed by atoms with Crippen molar-refractivity contribution in [3.05, 3.63) is 79.3 Å². The van der Waals surface area contributed by atoms with Gasteiger partial charge in [0.15, 0.2) is 0 Å². The Hall–Kier alpha value is -3.56. The Kier molecular flexibility index (Phi) is 6.26. The number of aromatic nitrogens is 2. The molecule has 170 valence electrons. The minimum absolute atomic E-state index is 0.291. The maximum atomic E-state index is 13.4. The van der Waals surface area contributed by atoms with Crippen LogP contribution in [0.15, 0.2) is 57.4 Å². The van der Waals surface area contributed by atoms with Gasteiger partial charge < -0.3 is 14.8 Å². The molecule has 0 bridgehead atoms. The summed E-state index contributed by atoms with van der Waals surface area (Å²) < 4.78 is 13.3. The van der Waals surface area contributed by atoms with Crippen LogP contribution < -0.4 is 26.0 Å². The minimum atomic E-state index is -0.602. The molecule has 10 heteroatoms. The second-order valence-electron chi connectivity index (χ2n) is 7.17. The number of nitrogens with zero attached hydrogens (tertiary/aromatic N) is 2. The van der Waals surface area contributed by atoms with Crippen LogP contribution in [0.4, 0.5) is 5.69 Å². The molecule has 2 aromatic carbocycles. The smallest absolute Gasteiger partial charge is 0.336 e. The number of para-hydroxylation sites is 1. The molecule has 0 fully saturated rings. The number of ether oxygens (including phenoxy) is 2. The average Bonchev–Trinajstić information content (AvgIpc) is 3.28. The molecule has 1 amide bonds. The Balaban J connectivity index is 1.77. The molecule has 0 aliphatic carbocycles. The molecule has 4 rings (SSSR count). The van der Waals surface area contributed by atoms with Crippen molar-refractivity contribution in [2.24, 2.45) is 0 Å². The molecule has 0 unspecified atom stereocenters. The molecule has 4 aromatic rings. The van der Waals surface area contributed by atoms with E-state index in [0.717, 1.165) is 10.1 Å². The standard InChI is InChI=1S/C23H20ClN3O5S/c1-13-6-4-5-7-16(13)27-22(29)21-17(8-9-33-21)26(23(27)30)12-20(28)25-15-10-14(24)18(31-2)11-19(15)32-3/h4-11H,12H2,1-3H3,(H,25,28). The van der Waals surface area contributed by atoms with Crippen LogP contribution >= 0.6 is 22.9 Å². The number of thiophene rings is 1. The number of aryl methyl sites for hydroxylation is 1. The van der Waals surface area contributed by atoms with Crippen molar-refractivity contribution in [2.45, 2.75) is 13.5 Å². The Morgan fingerprint density at radius 3 is 2.52 bits per heavy atom. The number of amides is 1. The Morgan fingerprint density at radius 1 is 1.09 bits per heavy atom. The molecular formula is C23H20ClN3O5S. The zero-order valence-electron chi connectivity index (χ0n) is 18.0. The number of halogens is 1. The van der Waals surface area contributed by atoms with E-state index in [1.54, 1.807) is 29.6 Å². The van der Waals surface area contributed by atoms with Crippen molar-refractivity contribution in [3.8, 4) is 17.2 Å². The van der Waals surface area contributed by atoms with Gasteiger partial charge in [0.25, 0.3) is 5.56 Å². The molecule has 0 saturated carbocycles. The van der Waals surface area contributed by atoms with Crippen LogP contribution in [-0.2, 0) is 11.3 Å². The van der Waals surface area contributed by atoms with Gasteiger partial charge in [0.05, 0.1) is 36.1 Å². The number of hydrogen-bond acceptors (Lipinski definition) is 6. The molecule has 0 aliphatic heterocycles. The number of methoxy groups -OCH3 is 2. The third-order valence-corrected chi connectivity index (χ3v) is 6.35. The SMILES string of the molecule is COc1cc(OC)c(NC(=O)Cn2c(=O)n(-c3ccccc3C)c(=O)c3sccc32)cc1Cl. The first kappa shape index (κ1) is 22.6. The Bertz CT molecular complexity index is 1490. The Morgan fingerprint density at radius 2 is 1.82 bits per heavy atom. The second-order valence-corrected chi connectivity index (χ2v) is 8.49. The Labute approximate surface area is 197 Å². The molecule has 33 heavy (non-hydrogen) atoms. The first-order valence-corrected chi connectivity index (χ1v) is 11.1. The fraction of sp³-hybridized carbons (Fsp3) is 0.174. The number of hydrogen-bond donors (Lipinski definition) is 1. The van der Waals surface area contributed by atoms with Gasteiger partial charge in [-0.05, 0) is 36.1 Å². The molecule has 0 spiro atoms. The first-order chi connectivity index (χ1) is 15.8. The highest BCUT2D eigenvalue weighted by molar-refractivity contribution is 7.17. The average molecular weight is 486 g/mol. The van der Waals surface area contributed by atoms with E-state index in [4.69, 9.17) is 21.1 Å². The van der Waals surface area contributed by atoms with E-state index in [-0.39, 0.29) is 6.54 Å². The fourth-order valence-electron chi connectivity index (χ4n) is 3.56. The van der Waals surface area contributed by atoms with E-state index in [1.807, 2.05) is 19.1 Å². The highest BCUT2D eigenvalue weighted by Crippen LogP contribution is 2.35. The van der Waals surface area contributed by atoms with Crippen molar-refractivity contribution in [1.82, 2.24) is 9.13 Å². The van der Waals surface area contributed by atoms with E-state index >= 15 is 0 Å². The van der Waals surface area contributed by atoms with Gasteiger partial charge in [-0.25, -0.2) is 9.36 Å². The summed E-state index contributed by atoms with van der Waals surface area (Å²) in [5.41, 5.74) is 0.946. The number of nitrogens with one attached hydrogen (secondary N) is 1. The van der Waals surface area contributed by atoms with Gasteiger partial charge >= 0.3 is 5.69 Å². The van der Waals surface area contributed by atoms with Crippen molar-refractivity contribution in [3.63, 3.8) is 0 Å². The van der Waals surface area contributed by atoms with E-state index in [1.165, 1.54) is 36.2 Å². The summed E-state index contributed by atoms with van der Waals surface area (Å²) in [6, 6.07) is 11.8. The minimum Gasteiger partial charge on any atom is -0.495 e. The van der Waals surface area contributed by atoms with Gasteiger partial charge in [0.1, 0.15) is 22.7 Å². The quantitative estimate of drug-likeness (QED) is 0.448.